The van der Waals surface area contributed by atoms with Crippen molar-refractivity contribution < 1.29 is 0 Å². The van der Waals surface area contributed by atoms with Crippen molar-refractivity contribution in [2.24, 2.45) is 0 Å². The summed E-state index contributed by atoms with van der Waals surface area (Å²) in [5.74, 6) is 1.53. The highest BCUT2D eigenvalue weighted by Crippen LogP contribution is 2.57. The Labute approximate surface area is 290 Å². The van der Waals surface area contributed by atoms with Gasteiger partial charge in [0.25, 0.3) is 0 Å². The highest BCUT2D eigenvalue weighted by Gasteiger charge is 2.47. The molecule has 0 N–H and O–H groups in total. The second-order valence-corrected chi connectivity index (χ2v) is 12.9. The summed E-state index contributed by atoms with van der Waals surface area (Å²) < 4.78 is 2.33. The van der Waals surface area contributed by atoms with Crippen LogP contribution in [0.4, 0.5) is 0 Å². The van der Waals surface area contributed by atoms with E-state index in [4.69, 9.17) is 9.97 Å². The maximum absolute atomic E-state index is 5.30. The lowest BCUT2D eigenvalue weighted by atomic mass is 9.66. The zero-order chi connectivity index (χ0) is 33.1. The molecule has 7 aromatic carbocycles. The van der Waals surface area contributed by atoms with Crippen molar-refractivity contribution in [3.63, 3.8) is 0 Å². The molecule has 9 aromatic rings. The monoisotopic (exact) mass is 637 g/mol. The predicted molar refractivity (Wildman–Crippen MR) is 205 cm³/mol. The molecule has 0 saturated carbocycles. The summed E-state index contributed by atoms with van der Waals surface area (Å²) >= 11 is 0. The lowest BCUT2D eigenvalue weighted by Crippen LogP contribution is -2.28. The Morgan fingerprint density at radius 1 is 0.420 bits per heavy atom. The van der Waals surface area contributed by atoms with Crippen molar-refractivity contribution in [2.75, 3.05) is 0 Å². The third-order valence-electron chi connectivity index (χ3n) is 10.3. The largest absolute Gasteiger partial charge is 0.294 e. The molecule has 1 aliphatic carbocycles. The number of para-hydroxylation sites is 1. The number of rotatable bonds is 5. The standard InChI is InChI=1S/C47H31N3/c1-4-17-32(18-5-1)41-31-44(49-46(48-41)33-19-6-2-7-20-33)50-42-29-15-12-25-37(42)45-40(28-16-30-43(45)50)47(34-21-8-3-9-22-34)38-26-13-10-23-35(38)36-24-11-14-27-39(36)47/h1-31H. The van der Waals surface area contributed by atoms with Crippen molar-refractivity contribution in [3.8, 4) is 39.6 Å². The van der Waals surface area contributed by atoms with Gasteiger partial charge in [0.1, 0.15) is 5.82 Å². The van der Waals surface area contributed by atoms with Crippen molar-refractivity contribution >= 4 is 21.8 Å². The quantitative estimate of drug-likeness (QED) is 0.188. The Kier molecular flexibility index (Phi) is 6.40. The highest BCUT2D eigenvalue weighted by atomic mass is 15.1. The van der Waals surface area contributed by atoms with E-state index < -0.39 is 5.41 Å². The Bertz CT molecular complexity index is 2590. The van der Waals surface area contributed by atoms with E-state index >= 15 is 0 Å². The lowest BCUT2D eigenvalue weighted by Gasteiger charge is -2.34. The van der Waals surface area contributed by atoms with E-state index in [0.29, 0.717) is 5.82 Å². The van der Waals surface area contributed by atoms with E-state index in [1.54, 1.807) is 0 Å². The van der Waals surface area contributed by atoms with Gasteiger partial charge in [-0.1, -0.05) is 170 Å². The van der Waals surface area contributed by atoms with Crippen LogP contribution in [-0.2, 0) is 5.41 Å². The van der Waals surface area contributed by atoms with Gasteiger partial charge in [0.05, 0.1) is 22.1 Å². The maximum atomic E-state index is 5.30. The van der Waals surface area contributed by atoms with Gasteiger partial charge in [-0.05, 0) is 45.5 Å². The first-order valence-corrected chi connectivity index (χ1v) is 17.1. The van der Waals surface area contributed by atoms with Crippen LogP contribution in [0.3, 0.4) is 0 Å². The van der Waals surface area contributed by atoms with E-state index in [1.165, 1.54) is 44.2 Å². The smallest absolute Gasteiger partial charge is 0.162 e. The van der Waals surface area contributed by atoms with Crippen molar-refractivity contribution in [2.45, 2.75) is 5.41 Å². The number of hydrogen-bond donors (Lipinski definition) is 0. The third kappa shape index (κ3) is 4.10. The van der Waals surface area contributed by atoms with Gasteiger partial charge in [-0.2, -0.15) is 0 Å². The number of benzene rings is 7. The van der Waals surface area contributed by atoms with Crippen molar-refractivity contribution in [3.05, 3.63) is 210 Å². The Morgan fingerprint density at radius 3 is 1.66 bits per heavy atom. The van der Waals surface area contributed by atoms with Crippen LogP contribution in [-0.4, -0.2) is 14.5 Å². The van der Waals surface area contributed by atoms with Gasteiger partial charge in [-0.25, -0.2) is 9.97 Å². The molecular formula is C47H31N3. The summed E-state index contributed by atoms with van der Waals surface area (Å²) in [7, 11) is 0. The van der Waals surface area contributed by atoms with Gasteiger partial charge < -0.3 is 0 Å². The van der Waals surface area contributed by atoms with Crippen LogP contribution < -0.4 is 0 Å². The zero-order valence-corrected chi connectivity index (χ0v) is 27.2. The average molecular weight is 638 g/mol. The molecular weight excluding hydrogens is 607 g/mol. The normalized spacial score (nSPS) is 13.0. The lowest BCUT2D eigenvalue weighted by molar-refractivity contribution is 0.777. The fourth-order valence-electron chi connectivity index (χ4n) is 8.28. The number of nitrogens with zero attached hydrogens (tertiary/aromatic N) is 3. The highest BCUT2D eigenvalue weighted by molar-refractivity contribution is 6.12. The van der Waals surface area contributed by atoms with E-state index in [0.717, 1.165) is 33.7 Å². The predicted octanol–water partition coefficient (Wildman–Crippen LogP) is 11.3. The molecule has 0 radical (unpaired) electrons. The van der Waals surface area contributed by atoms with Gasteiger partial charge >= 0.3 is 0 Å². The maximum Gasteiger partial charge on any atom is 0.162 e. The molecule has 0 spiro atoms. The second-order valence-electron chi connectivity index (χ2n) is 12.9. The van der Waals surface area contributed by atoms with Crippen molar-refractivity contribution in [1.82, 2.24) is 14.5 Å². The summed E-state index contributed by atoms with van der Waals surface area (Å²) in [6.07, 6.45) is 0. The van der Waals surface area contributed by atoms with Crippen LogP contribution in [0.15, 0.2) is 188 Å². The second kappa shape index (κ2) is 11.3. The molecule has 0 atom stereocenters. The van der Waals surface area contributed by atoms with E-state index in [-0.39, 0.29) is 0 Å². The molecule has 2 heterocycles. The molecule has 50 heavy (non-hydrogen) atoms. The zero-order valence-electron chi connectivity index (χ0n) is 27.2. The number of fused-ring (bicyclic) bond motifs is 6. The third-order valence-corrected chi connectivity index (χ3v) is 10.3. The molecule has 0 unspecified atom stereocenters. The van der Waals surface area contributed by atoms with Gasteiger partial charge in [0.2, 0.25) is 0 Å². The fraction of sp³-hybridized carbons (Fsp3) is 0.0213. The number of aromatic nitrogens is 3. The topological polar surface area (TPSA) is 30.7 Å². The van der Waals surface area contributed by atoms with Gasteiger partial charge in [0, 0.05) is 28.0 Å². The Morgan fingerprint density at radius 2 is 0.960 bits per heavy atom. The molecule has 0 bridgehead atoms. The summed E-state index contributed by atoms with van der Waals surface area (Å²) in [6, 6.07) is 67.3. The van der Waals surface area contributed by atoms with Crippen LogP contribution in [0, 0.1) is 0 Å². The summed E-state index contributed by atoms with van der Waals surface area (Å²) in [5, 5.41) is 2.41. The Hall–Kier alpha value is -6.58. The van der Waals surface area contributed by atoms with Crippen LogP contribution in [0.1, 0.15) is 22.3 Å². The molecule has 2 aromatic heterocycles. The first-order valence-electron chi connectivity index (χ1n) is 17.1. The first-order chi connectivity index (χ1) is 24.8. The Balaban J connectivity index is 1.34. The fourth-order valence-corrected chi connectivity index (χ4v) is 8.28. The first kappa shape index (κ1) is 28.4. The van der Waals surface area contributed by atoms with E-state index in [9.17, 15) is 0 Å². The minimum atomic E-state index is -0.529. The molecule has 1 aliphatic rings. The average Bonchev–Trinajstić information content (AvgIpc) is 3.70. The molecule has 0 fully saturated rings. The van der Waals surface area contributed by atoms with Crippen LogP contribution >= 0.6 is 0 Å². The van der Waals surface area contributed by atoms with E-state index in [2.05, 4.69) is 168 Å². The van der Waals surface area contributed by atoms with Gasteiger partial charge in [0.15, 0.2) is 5.82 Å². The van der Waals surface area contributed by atoms with E-state index in [1.807, 2.05) is 24.3 Å². The van der Waals surface area contributed by atoms with Crippen LogP contribution in [0.2, 0.25) is 0 Å². The van der Waals surface area contributed by atoms with Gasteiger partial charge in [-0.3, -0.25) is 4.57 Å². The molecule has 10 rings (SSSR count). The molecule has 0 saturated heterocycles. The SMILES string of the molecule is c1ccc(-c2cc(-n3c4ccccc4c4c(C5(c6ccccc6)c6ccccc6-c6ccccc65)cccc43)nc(-c3ccccc3)n2)cc1. The summed E-state index contributed by atoms with van der Waals surface area (Å²) in [6.45, 7) is 0. The van der Waals surface area contributed by atoms with Crippen LogP contribution in [0.5, 0.6) is 0 Å². The molecule has 3 heteroatoms. The van der Waals surface area contributed by atoms with Crippen LogP contribution in [0.25, 0.3) is 61.4 Å². The van der Waals surface area contributed by atoms with Crippen molar-refractivity contribution in [1.29, 1.82) is 0 Å². The van der Waals surface area contributed by atoms with Gasteiger partial charge in [-0.15, -0.1) is 0 Å². The number of hydrogen-bond acceptors (Lipinski definition) is 2. The molecule has 0 aliphatic heterocycles. The molecule has 234 valence electrons. The summed E-state index contributed by atoms with van der Waals surface area (Å²) in [5.41, 5.74) is 12.3. The molecule has 0 amide bonds. The minimum Gasteiger partial charge on any atom is -0.294 e. The minimum absolute atomic E-state index is 0.529. The molecule has 3 nitrogen and oxygen atoms in total. The summed E-state index contributed by atoms with van der Waals surface area (Å²) in [4.78, 5) is 10.4.